The predicted octanol–water partition coefficient (Wildman–Crippen LogP) is -0.672. The van der Waals surface area contributed by atoms with Crippen LogP contribution in [0.3, 0.4) is 0 Å². The molecule has 0 heterocycles. The van der Waals surface area contributed by atoms with Crippen LogP contribution in [0.4, 0.5) is 0 Å². The number of carbonyl (C=O) groups is 1. The summed E-state index contributed by atoms with van der Waals surface area (Å²) in [4.78, 5) is 10.2. The monoisotopic (exact) mass is 122 g/mol. The fourth-order valence-corrected chi connectivity index (χ4v) is 0.224. The van der Waals surface area contributed by atoms with Crippen LogP contribution in [0.1, 0.15) is 0 Å². The molecule has 0 saturated heterocycles. The molecule has 0 aliphatic rings. The van der Waals surface area contributed by atoms with E-state index in [1.807, 2.05) is 0 Å². The predicted molar refractivity (Wildman–Crippen MR) is 29.5 cm³/mol. The van der Waals surface area contributed by atoms with E-state index in [2.05, 4.69) is 17.7 Å². The van der Waals surface area contributed by atoms with Crippen molar-refractivity contribution in [1.82, 2.24) is 0 Å². The maximum Gasteiger partial charge on any atom is 0.321 e. The van der Waals surface area contributed by atoms with Gasteiger partial charge in [0, 0.05) is 5.75 Å². The molecule has 0 rings (SSSR count). The Hall–Kier alpha value is -0.220. The molecule has 0 aromatic rings. The van der Waals surface area contributed by atoms with Gasteiger partial charge in [0.05, 0.1) is 0 Å². The van der Waals surface area contributed by atoms with Gasteiger partial charge < -0.3 is 10.8 Å². The second kappa shape index (κ2) is 2.87. The average molecular weight is 122 g/mol. The Morgan fingerprint density at radius 3 is 3.00 bits per heavy atom. The second-order valence-electron chi connectivity index (χ2n) is 1.11. The van der Waals surface area contributed by atoms with E-state index in [9.17, 15) is 4.79 Å². The fraction of sp³-hybridized carbons (Fsp3) is 0.667. The van der Waals surface area contributed by atoms with Gasteiger partial charge in [0.2, 0.25) is 0 Å². The minimum Gasteiger partial charge on any atom is -0.480 e. The molecule has 3 N–H and O–H groups in total. The van der Waals surface area contributed by atoms with E-state index < -0.39 is 12.0 Å². The number of hydrogen-bond donors (Lipinski definition) is 3. The zero-order chi connectivity index (χ0) is 6.57. The van der Waals surface area contributed by atoms with Gasteiger partial charge in [-0.1, -0.05) is 0 Å². The summed E-state index contributed by atoms with van der Waals surface area (Å²) in [6.45, 7) is 0. The molecule has 0 aliphatic heterocycles. The Labute approximate surface area is 48.4 Å². The number of hydrogen-bond acceptors (Lipinski definition) is 4. The van der Waals surface area contributed by atoms with Crippen LogP contribution < -0.4 is 5.73 Å². The van der Waals surface area contributed by atoms with Gasteiger partial charge in [-0.3, -0.25) is 4.79 Å². The number of aliphatic carboxylic acids is 1. The lowest BCUT2D eigenvalue weighted by Gasteiger charge is -1.96. The van der Waals surface area contributed by atoms with Crippen molar-refractivity contribution in [1.29, 1.82) is 1.43 Å². The first-order chi connectivity index (χ1) is 3.72. The van der Waals surface area contributed by atoms with E-state index in [4.69, 9.17) is 7.16 Å². The molecule has 0 fully saturated rings. The lowest BCUT2D eigenvalue weighted by atomic mass is 10.4. The molecule has 4 heteroatoms. The van der Waals surface area contributed by atoms with Gasteiger partial charge in [-0.25, -0.2) is 0 Å². The highest BCUT2D eigenvalue weighted by atomic mass is 32.1. The Morgan fingerprint density at radius 2 is 2.86 bits per heavy atom. The summed E-state index contributed by atoms with van der Waals surface area (Å²) in [5.41, 5.74) is 5.06. The summed E-state index contributed by atoms with van der Waals surface area (Å²) in [5.74, 6) is -0.544. The van der Waals surface area contributed by atoms with Crippen molar-refractivity contribution in [3.05, 3.63) is 0 Å². The molecule has 0 radical (unpaired) electrons. The molecular weight excluding hydrogens is 114 g/mol. The van der Waals surface area contributed by atoms with E-state index in [-0.39, 0.29) is 5.75 Å². The maximum atomic E-state index is 10.2. The lowest BCUT2D eigenvalue weighted by molar-refractivity contribution is -0.137. The quantitative estimate of drug-likeness (QED) is 0.425. The SMILES string of the molecule is [2H]OC(=O)[C@H](N)CS. The highest BCUT2D eigenvalue weighted by Crippen LogP contribution is 1.80. The summed E-state index contributed by atoms with van der Waals surface area (Å²) < 4.78 is 6.08. The van der Waals surface area contributed by atoms with Gasteiger partial charge in [-0.2, -0.15) is 12.6 Å². The molecular formula is C3H7NO2S. The Kier molecular flexibility index (Phi) is 2.02. The van der Waals surface area contributed by atoms with Gasteiger partial charge in [-0.15, -0.1) is 0 Å². The smallest absolute Gasteiger partial charge is 0.321 e. The zero-order valence-corrected chi connectivity index (χ0v) is 4.52. The average Bonchev–Trinajstić information content (AvgIpc) is 1.84. The Morgan fingerprint density at radius 1 is 2.29 bits per heavy atom. The van der Waals surface area contributed by atoms with Crippen LogP contribution in [0.15, 0.2) is 0 Å². The van der Waals surface area contributed by atoms with Gasteiger partial charge in [0.25, 0.3) is 1.43 Å². The maximum absolute atomic E-state index is 10.2. The molecule has 0 aliphatic carbocycles. The number of carboxylic acids is 1. The molecule has 0 saturated carbocycles. The first-order valence-electron chi connectivity index (χ1n) is 2.16. The third kappa shape index (κ3) is 2.47. The first kappa shape index (κ1) is 4.93. The molecule has 0 aromatic carbocycles. The van der Waals surface area contributed by atoms with Crippen LogP contribution in [-0.4, -0.2) is 22.9 Å². The van der Waals surface area contributed by atoms with E-state index in [1.165, 1.54) is 0 Å². The summed E-state index contributed by atoms with van der Waals surface area (Å²) in [5, 5.41) is 3.54. The van der Waals surface area contributed by atoms with E-state index in [0.29, 0.717) is 0 Å². The summed E-state index contributed by atoms with van der Waals surface area (Å²) >= 11 is 3.70. The van der Waals surface area contributed by atoms with Crippen LogP contribution in [0.5, 0.6) is 0 Å². The summed E-state index contributed by atoms with van der Waals surface area (Å²) in [7, 11) is 0. The van der Waals surface area contributed by atoms with E-state index >= 15 is 0 Å². The largest absolute Gasteiger partial charge is 0.480 e. The summed E-state index contributed by atoms with van der Waals surface area (Å²) in [6, 6.07) is -0.768. The van der Waals surface area contributed by atoms with Crippen LogP contribution >= 0.6 is 12.6 Å². The fourth-order valence-electron chi connectivity index (χ4n) is 0.0745. The third-order valence-electron chi connectivity index (χ3n) is 0.499. The summed E-state index contributed by atoms with van der Waals surface area (Å²) in [6.07, 6.45) is 0. The number of rotatable bonds is 2. The van der Waals surface area contributed by atoms with Gasteiger partial charge >= 0.3 is 5.97 Å². The second-order valence-corrected chi connectivity index (χ2v) is 1.47. The van der Waals surface area contributed by atoms with E-state index in [1.54, 1.807) is 0 Å². The number of carboxylic acid groups (broad SMARTS) is 1. The molecule has 0 amide bonds. The van der Waals surface area contributed by atoms with Gasteiger partial charge in [0.15, 0.2) is 0 Å². The van der Waals surface area contributed by atoms with Crippen LogP contribution in [0.2, 0.25) is 0 Å². The molecule has 0 spiro atoms. The molecule has 7 heavy (non-hydrogen) atoms. The highest BCUT2D eigenvalue weighted by Gasteiger charge is 2.06. The van der Waals surface area contributed by atoms with Crippen molar-refractivity contribution in [2.24, 2.45) is 5.73 Å². The van der Waals surface area contributed by atoms with Crippen molar-refractivity contribution in [2.45, 2.75) is 6.04 Å². The van der Waals surface area contributed by atoms with Crippen LogP contribution in [0, 0.1) is 0 Å². The normalized spacial score (nSPS) is 14.9. The molecule has 0 bridgehead atoms. The third-order valence-corrected chi connectivity index (χ3v) is 0.893. The molecule has 1 atom stereocenters. The minimum absolute atomic E-state index is 0.206. The standard InChI is InChI=1S/C3H7NO2S/c4-2(1-7)3(5)6/h2,7H,1,4H2,(H,5,6)/t2-/m1/s1/i/hD. The zero-order valence-electron chi connectivity index (χ0n) is 4.63. The minimum atomic E-state index is -0.768. The lowest BCUT2D eigenvalue weighted by Crippen LogP contribution is -2.31. The molecule has 42 valence electrons. The van der Waals surface area contributed by atoms with Crippen molar-refractivity contribution >= 4 is 18.6 Å². The molecule has 0 aromatic heterocycles. The number of nitrogens with two attached hydrogens (primary N) is 1. The van der Waals surface area contributed by atoms with Crippen molar-refractivity contribution < 1.29 is 9.90 Å². The van der Waals surface area contributed by atoms with Crippen LogP contribution in [-0.2, 0) is 4.79 Å². The van der Waals surface area contributed by atoms with Gasteiger partial charge in [0.1, 0.15) is 6.04 Å². The highest BCUT2D eigenvalue weighted by molar-refractivity contribution is 7.80. The van der Waals surface area contributed by atoms with Crippen LogP contribution in [0.25, 0.3) is 1.43 Å². The van der Waals surface area contributed by atoms with Crippen molar-refractivity contribution in [2.75, 3.05) is 5.75 Å². The van der Waals surface area contributed by atoms with Crippen molar-refractivity contribution in [3.8, 4) is 0 Å². The Balaban J connectivity index is 3.46. The molecule has 3 nitrogen and oxygen atoms in total. The van der Waals surface area contributed by atoms with Gasteiger partial charge in [-0.05, 0) is 0 Å². The Bertz CT molecular complexity index is 89.4. The van der Waals surface area contributed by atoms with E-state index in [0.717, 1.165) is 0 Å². The number of thiol groups is 1. The molecule has 0 unspecified atom stereocenters. The topological polar surface area (TPSA) is 63.3 Å². The first-order valence-corrected chi connectivity index (χ1v) is 2.39. The van der Waals surface area contributed by atoms with Crippen molar-refractivity contribution in [3.63, 3.8) is 0 Å².